The quantitative estimate of drug-likeness (QED) is 0.896. The van der Waals surface area contributed by atoms with Crippen LogP contribution < -0.4 is 4.90 Å². The predicted molar refractivity (Wildman–Crippen MR) is 97.1 cm³/mol. The van der Waals surface area contributed by atoms with Crippen LogP contribution >= 0.6 is 11.6 Å². The molecule has 25 heavy (non-hydrogen) atoms. The lowest BCUT2D eigenvalue weighted by atomic mass is 10.1. The van der Waals surface area contributed by atoms with E-state index in [1.165, 1.54) is 23.1 Å². The Hall–Kier alpha value is -2.53. The third-order valence-electron chi connectivity index (χ3n) is 4.39. The molecule has 0 aromatic heterocycles. The van der Waals surface area contributed by atoms with E-state index in [-0.39, 0.29) is 35.2 Å². The zero-order valence-electron chi connectivity index (χ0n) is 14.1. The fourth-order valence-electron chi connectivity index (χ4n) is 2.90. The molecule has 1 N–H and O–H groups in total. The summed E-state index contributed by atoms with van der Waals surface area (Å²) in [6.45, 7) is 4.34. The zero-order valence-corrected chi connectivity index (χ0v) is 14.8. The van der Waals surface area contributed by atoms with Crippen LogP contribution in [-0.2, 0) is 4.79 Å². The number of phenolic OH excluding ortho intramolecular Hbond substituents is 1. The molecule has 5 nitrogen and oxygen atoms in total. The predicted octanol–water partition coefficient (Wildman–Crippen LogP) is 3.23. The summed E-state index contributed by atoms with van der Waals surface area (Å²) in [4.78, 5) is 28.5. The van der Waals surface area contributed by atoms with Gasteiger partial charge in [0, 0.05) is 23.8 Å². The molecule has 0 saturated carbocycles. The molecule has 1 atom stereocenters. The van der Waals surface area contributed by atoms with Gasteiger partial charge in [-0.25, -0.2) is 0 Å². The van der Waals surface area contributed by atoms with Gasteiger partial charge in [-0.1, -0.05) is 29.3 Å². The molecule has 1 aliphatic heterocycles. The maximum atomic E-state index is 12.7. The molecular weight excluding hydrogens is 340 g/mol. The number of phenols is 1. The molecule has 2 amide bonds. The number of aryl methyl sites for hydroxylation is 1. The molecule has 2 aromatic carbocycles. The van der Waals surface area contributed by atoms with Gasteiger partial charge in [0.25, 0.3) is 5.91 Å². The highest BCUT2D eigenvalue weighted by Crippen LogP contribution is 2.26. The number of halogens is 1. The van der Waals surface area contributed by atoms with E-state index in [1.54, 1.807) is 4.90 Å². The van der Waals surface area contributed by atoms with Crippen LogP contribution in [0.25, 0.3) is 0 Å². The van der Waals surface area contributed by atoms with Crippen LogP contribution in [0.1, 0.15) is 22.8 Å². The first-order valence-electron chi connectivity index (χ1n) is 8.03. The summed E-state index contributed by atoms with van der Waals surface area (Å²) in [6.07, 6.45) is 0. The Bertz CT molecular complexity index is 820. The topological polar surface area (TPSA) is 60.9 Å². The number of benzene rings is 2. The van der Waals surface area contributed by atoms with Gasteiger partial charge in [-0.3, -0.25) is 9.59 Å². The summed E-state index contributed by atoms with van der Waals surface area (Å²) in [5.41, 5.74) is 2.32. The number of hydrogen-bond donors (Lipinski definition) is 1. The molecule has 130 valence electrons. The van der Waals surface area contributed by atoms with Gasteiger partial charge in [-0.15, -0.1) is 0 Å². The lowest BCUT2D eigenvalue weighted by Crippen LogP contribution is -2.57. The van der Waals surface area contributed by atoms with Crippen molar-refractivity contribution in [2.45, 2.75) is 19.9 Å². The highest BCUT2D eigenvalue weighted by atomic mass is 35.5. The highest BCUT2D eigenvalue weighted by molar-refractivity contribution is 6.32. The van der Waals surface area contributed by atoms with Crippen LogP contribution in [0.4, 0.5) is 5.69 Å². The highest BCUT2D eigenvalue weighted by Gasteiger charge is 2.33. The Morgan fingerprint density at radius 3 is 2.52 bits per heavy atom. The molecule has 1 aliphatic rings. The molecule has 0 aliphatic carbocycles. The normalized spacial score (nSPS) is 17.7. The monoisotopic (exact) mass is 358 g/mol. The van der Waals surface area contributed by atoms with Crippen molar-refractivity contribution in [3.05, 3.63) is 58.6 Å². The standard InChI is InChI=1S/C19H19ClN2O3/c1-12-3-6-15(7-4-12)22-10-13(2)21(11-18(22)24)19(25)14-5-8-17(23)16(20)9-14/h3-9,13,23H,10-11H2,1-2H3/t13-/m0/s1. The molecule has 0 radical (unpaired) electrons. The molecule has 6 heteroatoms. The number of anilines is 1. The number of amides is 2. The largest absolute Gasteiger partial charge is 0.506 e. The van der Waals surface area contributed by atoms with E-state index in [2.05, 4.69) is 0 Å². The Kier molecular flexibility index (Phi) is 4.68. The number of aromatic hydroxyl groups is 1. The molecule has 0 bridgehead atoms. The molecule has 2 aromatic rings. The van der Waals surface area contributed by atoms with Crippen LogP contribution in [0.2, 0.25) is 5.02 Å². The summed E-state index contributed by atoms with van der Waals surface area (Å²) in [5, 5.41) is 9.61. The smallest absolute Gasteiger partial charge is 0.254 e. The lowest BCUT2D eigenvalue weighted by Gasteiger charge is -2.39. The van der Waals surface area contributed by atoms with Gasteiger partial charge in [-0.05, 0) is 44.2 Å². The maximum Gasteiger partial charge on any atom is 0.254 e. The zero-order chi connectivity index (χ0) is 18.1. The minimum Gasteiger partial charge on any atom is -0.506 e. The van der Waals surface area contributed by atoms with E-state index >= 15 is 0 Å². The average molecular weight is 359 g/mol. The fourth-order valence-corrected chi connectivity index (χ4v) is 3.08. The van der Waals surface area contributed by atoms with Gasteiger partial charge < -0.3 is 14.9 Å². The number of carbonyl (C=O) groups excluding carboxylic acids is 2. The van der Waals surface area contributed by atoms with E-state index in [1.807, 2.05) is 38.1 Å². The van der Waals surface area contributed by atoms with Crippen LogP contribution in [0, 0.1) is 6.92 Å². The van der Waals surface area contributed by atoms with Crippen LogP contribution in [0.5, 0.6) is 5.75 Å². The first-order valence-corrected chi connectivity index (χ1v) is 8.41. The summed E-state index contributed by atoms with van der Waals surface area (Å²) >= 11 is 5.88. The maximum absolute atomic E-state index is 12.7. The molecule has 0 unspecified atom stereocenters. The lowest BCUT2D eigenvalue weighted by molar-refractivity contribution is -0.121. The van der Waals surface area contributed by atoms with E-state index in [9.17, 15) is 14.7 Å². The number of piperazine rings is 1. The van der Waals surface area contributed by atoms with Gasteiger partial charge >= 0.3 is 0 Å². The second kappa shape index (κ2) is 6.76. The summed E-state index contributed by atoms with van der Waals surface area (Å²) < 4.78 is 0. The molecule has 1 fully saturated rings. The van der Waals surface area contributed by atoms with Gasteiger partial charge in [0.2, 0.25) is 5.91 Å². The summed E-state index contributed by atoms with van der Waals surface area (Å²) in [6, 6.07) is 11.9. The molecule has 1 heterocycles. The molecular formula is C19H19ClN2O3. The Labute approximate surface area is 151 Å². The van der Waals surface area contributed by atoms with Crippen molar-refractivity contribution in [2.24, 2.45) is 0 Å². The number of rotatable bonds is 2. The number of nitrogens with zero attached hydrogens (tertiary/aromatic N) is 2. The van der Waals surface area contributed by atoms with Crippen LogP contribution in [-0.4, -0.2) is 41.0 Å². The second-order valence-electron chi connectivity index (χ2n) is 6.29. The van der Waals surface area contributed by atoms with Crippen LogP contribution in [0.3, 0.4) is 0 Å². The van der Waals surface area contributed by atoms with Crippen molar-refractivity contribution in [1.29, 1.82) is 0 Å². The molecule has 3 rings (SSSR count). The Balaban J connectivity index is 1.79. The molecule has 0 spiro atoms. The van der Waals surface area contributed by atoms with Gasteiger partial charge in [0.1, 0.15) is 12.3 Å². The van der Waals surface area contributed by atoms with Crippen molar-refractivity contribution >= 4 is 29.1 Å². The third-order valence-corrected chi connectivity index (χ3v) is 4.69. The van der Waals surface area contributed by atoms with E-state index in [0.717, 1.165) is 11.3 Å². The second-order valence-corrected chi connectivity index (χ2v) is 6.70. The minimum atomic E-state index is -0.272. The van der Waals surface area contributed by atoms with Gasteiger partial charge in [-0.2, -0.15) is 0 Å². The first kappa shape index (κ1) is 17.3. The van der Waals surface area contributed by atoms with Gasteiger partial charge in [0.15, 0.2) is 0 Å². The Morgan fingerprint density at radius 1 is 1.20 bits per heavy atom. The van der Waals surface area contributed by atoms with E-state index < -0.39 is 0 Å². The van der Waals surface area contributed by atoms with Gasteiger partial charge in [0.05, 0.1) is 5.02 Å². The summed E-state index contributed by atoms with van der Waals surface area (Å²) in [7, 11) is 0. The summed E-state index contributed by atoms with van der Waals surface area (Å²) in [5.74, 6) is -0.474. The SMILES string of the molecule is Cc1ccc(N2C[C@H](C)N(C(=O)c3ccc(O)c(Cl)c3)CC2=O)cc1. The minimum absolute atomic E-state index is 0.00632. The van der Waals surface area contributed by atoms with E-state index in [0.29, 0.717) is 12.1 Å². The molecule has 1 saturated heterocycles. The third kappa shape index (κ3) is 3.46. The first-order chi connectivity index (χ1) is 11.9. The van der Waals surface area contributed by atoms with Crippen molar-refractivity contribution in [1.82, 2.24) is 4.90 Å². The van der Waals surface area contributed by atoms with Crippen molar-refractivity contribution in [3.8, 4) is 5.75 Å². The number of carbonyl (C=O) groups is 2. The van der Waals surface area contributed by atoms with Crippen molar-refractivity contribution < 1.29 is 14.7 Å². The average Bonchev–Trinajstić information content (AvgIpc) is 2.59. The van der Waals surface area contributed by atoms with Crippen LogP contribution in [0.15, 0.2) is 42.5 Å². The number of hydrogen-bond acceptors (Lipinski definition) is 3. The van der Waals surface area contributed by atoms with Crippen molar-refractivity contribution in [3.63, 3.8) is 0 Å². The van der Waals surface area contributed by atoms with E-state index in [4.69, 9.17) is 11.6 Å². The van der Waals surface area contributed by atoms with Crippen molar-refractivity contribution in [2.75, 3.05) is 18.0 Å². The Morgan fingerprint density at radius 2 is 1.88 bits per heavy atom. The fraction of sp³-hybridized carbons (Fsp3) is 0.263.